The molecule has 0 unspecified atom stereocenters. The Morgan fingerprint density at radius 1 is 1.07 bits per heavy atom. The fourth-order valence-corrected chi connectivity index (χ4v) is 3.90. The second-order valence-corrected chi connectivity index (χ2v) is 7.54. The number of hydrogen-bond donors (Lipinski definition) is 1. The third-order valence-corrected chi connectivity index (χ3v) is 5.36. The van der Waals surface area contributed by atoms with Gasteiger partial charge in [-0.2, -0.15) is 0 Å². The Kier molecular flexibility index (Phi) is 4.44. The van der Waals surface area contributed by atoms with Crippen LogP contribution in [0, 0.1) is 6.92 Å². The monoisotopic (exact) mass is 416 g/mol. The average molecular weight is 417 g/mol. The predicted molar refractivity (Wildman–Crippen MR) is 116 cm³/mol. The molecule has 5 rings (SSSR count). The topological polar surface area (TPSA) is 81.4 Å². The Hall–Kier alpha value is -3.71. The summed E-state index contributed by atoms with van der Waals surface area (Å²) in [5, 5.41) is 15.7. The van der Waals surface area contributed by atoms with Gasteiger partial charge in [-0.1, -0.05) is 41.9 Å². The van der Waals surface area contributed by atoms with Gasteiger partial charge in [0.15, 0.2) is 5.82 Å². The molecule has 0 atom stereocenters. The summed E-state index contributed by atoms with van der Waals surface area (Å²) in [6.07, 6.45) is 1.81. The molecule has 30 heavy (non-hydrogen) atoms. The van der Waals surface area contributed by atoms with Gasteiger partial charge in [0.05, 0.1) is 22.8 Å². The lowest BCUT2D eigenvalue weighted by molar-refractivity contribution is 0.792. The van der Waals surface area contributed by atoms with E-state index >= 15 is 0 Å². The molecule has 0 radical (unpaired) electrons. The summed E-state index contributed by atoms with van der Waals surface area (Å²) in [5.74, 6) is 0.531. The van der Waals surface area contributed by atoms with Gasteiger partial charge in [-0.05, 0) is 52.7 Å². The maximum absolute atomic E-state index is 12.6. The first-order valence-electron chi connectivity index (χ1n) is 9.40. The van der Waals surface area contributed by atoms with E-state index in [0.717, 1.165) is 33.4 Å². The van der Waals surface area contributed by atoms with Crippen molar-refractivity contribution < 1.29 is 0 Å². The third-order valence-electron chi connectivity index (χ3n) is 5.16. The lowest BCUT2D eigenvalue weighted by atomic mass is 10.1. The van der Waals surface area contributed by atoms with Crippen molar-refractivity contribution in [3.8, 4) is 17.2 Å². The minimum absolute atomic E-state index is 0.00688. The number of rotatable bonds is 4. The van der Waals surface area contributed by atoms with Gasteiger partial charge >= 0.3 is 0 Å². The number of pyridine rings is 1. The maximum Gasteiger partial charge on any atom is 0.251 e. The molecular formula is C22H17ClN6O. The van der Waals surface area contributed by atoms with E-state index in [1.165, 1.54) is 0 Å². The van der Waals surface area contributed by atoms with Crippen molar-refractivity contribution in [1.82, 2.24) is 29.8 Å². The van der Waals surface area contributed by atoms with Gasteiger partial charge in [0.25, 0.3) is 5.56 Å². The maximum atomic E-state index is 12.6. The van der Waals surface area contributed by atoms with Crippen molar-refractivity contribution in [1.29, 1.82) is 0 Å². The van der Waals surface area contributed by atoms with E-state index in [9.17, 15) is 4.79 Å². The number of nitrogens with one attached hydrogen (secondary N) is 1. The molecular weight excluding hydrogens is 400 g/mol. The summed E-state index contributed by atoms with van der Waals surface area (Å²) in [6, 6.07) is 19.4. The first-order valence-corrected chi connectivity index (χ1v) is 9.78. The number of aromatic nitrogens is 6. The zero-order valence-corrected chi connectivity index (χ0v) is 16.8. The lowest BCUT2D eigenvalue weighted by Crippen LogP contribution is -2.20. The Labute approximate surface area is 176 Å². The lowest BCUT2D eigenvalue weighted by Gasteiger charge is -2.13. The summed E-state index contributed by atoms with van der Waals surface area (Å²) >= 11 is 6.22. The SMILES string of the molecule is Cc1cc(=O)n(Cc2ccc(-n3cc(Cl)cc3-c3nnn[nH]3)cc2)c2ccccc12. The largest absolute Gasteiger partial charge is 0.312 e. The Morgan fingerprint density at radius 2 is 1.87 bits per heavy atom. The third kappa shape index (κ3) is 3.19. The molecule has 0 aliphatic rings. The number of benzene rings is 2. The summed E-state index contributed by atoms with van der Waals surface area (Å²) in [7, 11) is 0. The Bertz CT molecular complexity index is 1400. The molecule has 3 heterocycles. The summed E-state index contributed by atoms with van der Waals surface area (Å²) in [4.78, 5) is 12.6. The molecule has 0 aliphatic carbocycles. The van der Waals surface area contributed by atoms with E-state index in [2.05, 4.69) is 20.6 Å². The quantitative estimate of drug-likeness (QED) is 0.480. The molecule has 0 bridgehead atoms. The molecule has 1 N–H and O–H groups in total. The van der Waals surface area contributed by atoms with Crippen molar-refractivity contribution in [3.05, 3.63) is 93.4 Å². The van der Waals surface area contributed by atoms with E-state index in [0.29, 0.717) is 17.4 Å². The minimum Gasteiger partial charge on any atom is -0.312 e. The normalized spacial score (nSPS) is 11.3. The number of nitrogens with zero attached hydrogens (tertiary/aromatic N) is 5. The van der Waals surface area contributed by atoms with Crippen LogP contribution in [0.3, 0.4) is 0 Å². The van der Waals surface area contributed by atoms with Crippen LogP contribution in [0.1, 0.15) is 11.1 Å². The minimum atomic E-state index is -0.00688. The molecule has 0 saturated carbocycles. The average Bonchev–Trinajstić information content (AvgIpc) is 3.41. The standard InChI is InChI=1S/C22H17ClN6O/c1-14-10-21(30)29(19-5-3-2-4-18(14)19)12-15-6-8-17(9-7-15)28-13-16(23)11-20(28)22-24-26-27-25-22/h2-11,13H,12H2,1H3,(H,24,25,26,27). The van der Waals surface area contributed by atoms with Crippen LogP contribution in [0.5, 0.6) is 0 Å². The number of aryl methyl sites for hydroxylation is 1. The molecule has 7 nitrogen and oxygen atoms in total. The van der Waals surface area contributed by atoms with Crippen LogP contribution < -0.4 is 5.56 Å². The molecule has 3 aromatic heterocycles. The van der Waals surface area contributed by atoms with Crippen molar-refractivity contribution >= 4 is 22.5 Å². The second-order valence-electron chi connectivity index (χ2n) is 7.10. The van der Waals surface area contributed by atoms with Crippen molar-refractivity contribution in [3.63, 3.8) is 0 Å². The number of fused-ring (bicyclic) bond motifs is 1. The van der Waals surface area contributed by atoms with Crippen LogP contribution in [0.25, 0.3) is 28.1 Å². The Morgan fingerprint density at radius 3 is 2.63 bits per heavy atom. The highest BCUT2D eigenvalue weighted by Gasteiger charge is 2.12. The van der Waals surface area contributed by atoms with Gasteiger partial charge in [0, 0.05) is 23.3 Å². The number of para-hydroxylation sites is 1. The second kappa shape index (κ2) is 7.27. The van der Waals surface area contributed by atoms with Crippen molar-refractivity contribution in [2.45, 2.75) is 13.5 Å². The fraction of sp³-hybridized carbons (Fsp3) is 0.0909. The van der Waals surface area contributed by atoms with Gasteiger partial charge in [-0.15, -0.1) is 5.10 Å². The Balaban J connectivity index is 1.51. The van der Waals surface area contributed by atoms with E-state index in [4.69, 9.17) is 11.6 Å². The highest BCUT2D eigenvalue weighted by molar-refractivity contribution is 6.30. The number of aromatic amines is 1. The van der Waals surface area contributed by atoms with Gasteiger partial charge in [0.2, 0.25) is 0 Å². The fourth-order valence-electron chi connectivity index (χ4n) is 3.70. The van der Waals surface area contributed by atoms with Crippen LogP contribution in [-0.2, 0) is 6.54 Å². The van der Waals surface area contributed by atoms with Gasteiger partial charge in [0.1, 0.15) is 0 Å². The van der Waals surface area contributed by atoms with Gasteiger partial charge in [-0.25, -0.2) is 5.10 Å². The van der Waals surface area contributed by atoms with E-state index in [1.807, 2.05) is 66.2 Å². The summed E-state index contributed by atoms with van der Waals surface area (Å²) in [5.41, 5.74) is 4.62. The smallest absolute Gasteiger partial charge is 0.251 e. The first kappa shape index (κ1) is 18.3. The highest BCUT2D eigenvalue weighted by Crippen LogP contribution is 2.26. The van der Waals surface area contributed by atoms with Gasteiger partial charge < -0.3 is 9.13 Å². The predicted octanol–water partition coefficient (Wildman–Crippen LogP) is 3.98. The van der Waals surface area contributed by atoms with Crippen LogP contribution in [0.15, 0.2) is 71.7 Å². The van der Waals surface area contributed by atoms with Gasteiger partial charge in [-0.3, -0.25) is 4.79 Å². The molecule has 0 amide bonds. The van der Waals surface area contributed by atoms with E-state index in [-0.39, 0.29) is 5.56 Å². The number of hydrogen-bond acceptors (Lipinski definition) is 4. The first-order chi connectivity index (χ1) is 14.6. The zero-order valence-electron chi connectivity index (χ0n) is 16.1. The zero-order chi connectivity index (χ0) is 20.7. The van der Waals surface area contributed by atoms with Crippen LogP contribution in [0.4, 0.5) is 0 Å². The molecule has 0 saturated heterocycles. The summed E-state index contributed by atoms with van der Waals surface area (Å²) < 4.78 is 3.72. The molecule has 148 valence electrons. The van der Waals surface area contributed by atoms with Crippen molar-refractivity contribution in [2.24, 2.45) is 0 Å². The highest BCUT2D eigenvalue weighted by atomic mass is 35.5. The molecule has 0 fully saturated rings. The van der Waals surface area contributed by atoms with Crippen LogP contribution in [-0.4, -0.2) is 29.8 Å². The molecule has 8 heteroatoms. The van der Waals surface area contributed by atoms with E-state index in [1.54, 1.807) is 16.7 Å². The summed E-state index contributed by atoms with van der Waals surface area (Å²) in [6.45, 7) is 2.46. The number of H-pyrrole nitrogens is 1. The molecule has 5 aromatic rings. The van der Waals surface area contributed by atoms with Crippen molar-refractivity contribution in [2.75, 3.05) is 0 Å². The molecule has 0 aliphatic heterocycles. The van der Waals surface area contributed by atoms with Crippen LogP contribution in [0.2, 0.25) is 5.02 Å². The number of halogens is 1. The molecule has 2 aromatic carbocycles. The molecule has 0 spiro atoms. The van der Waals surface area contributed by atoms with Crippen LogP contribution >= 0.6 is 11.6 Å². The van der Waals surface area contributed by atoms with E-state index < -0.39 is 0 Å². The number of tetrazole rings is 1.